The first-order chi connectivity index (χ1) is 16.0. The first-order valence-corrected chi connectivity index (χ1v) is 11.1. The number of hydrogen-bond donors (Lipinski definition) is 2. The summed E-state index contributed by atoms with van der Waals surface area (Å²) < 4.78 is 11.1. The van der Waals surface area contributed by atoms with E-state index in [4.69, 9.17) is 20.8 Å². The largest absolute Gasteiger partial charge is 0.486 e. The van der Waals surface area contributed by atoms with Gasteiger partial charge in [-0.15, -0.1) is 10.2 Å². The van der Waals surface area contributed by atoms with Crippen molar-refractivity contribution in [2.45, 2.75) is 20.1 Å². The summed E-state index contributed by atoms with van der Waals surface area (Å²) in [4.78, 5) is 24.6. The Labute approximate surface area is 198 Å². The Morgan fingerprint density at radius 2 is 1.76 bits per heavy atom. The zero-order valence-electron chi connectivity index (χ0n) is 17.5. The Hall–Kier alpha value is -3.69. The van der Waals surface area contributed by atoms with Gasteiger partial charge in [-0.25, -0.2) is 0 Å². The average Bonchev–Trinajstić information content (AvgIpc) is 3.47. The molecule has 0 unspecified atom stereocenters. The molecule has 0 aliphatic carbocycles. The van der Waals surface area contributed by atoms with Crippen LogP contribution in [0.15, 0.2) is 65.1 Å². The Bertz CT molecular complexity index is 1250. The molecule has 2 aromatic carbocycles. The van der Waals surface area contributed by atoms with Gasteiger partial charge in [0.05, 0.1) is 6.54 Å². The van der Waals surface area contributed by atoms with Crippen molar-refractivity contribution in [3.8, 4) is 5.75 Å². The first-order valence-electron chi connectivity index (χ1n) is 9.92. The molecule has 0 spiro atoms. The molecule has 4 rings (SSSR count). The molecule has 2 aromatic heterocycles. The van der Waals surface area contributed by atoms with Gasteiger partial charge in [-0.1, -0.05) is 22.9 Å². The number of nitrogens with one attached hydrogen (secondary N) is 2. The van der Waals surface area contributed by atoms with Crippen LogP contribution in [0.5, 0.6) is 5.75 Å². The number of rotatable bonds is 8. The second kappa shape index (κ2) is 10.3. The fraction of sp³-hybridized carbons (Fsp3) is 0.130. The van der Waals surface area contributed by atoms with Gasteiger partial charge in [0.2, 0.25) is 5.01 Å². The number of nitrogens with zero attached hydrogens (tertiary/aromatic N) is 2. The zero-order valence-corrected chi connectivity index (χ0v) is 19.1. The molecule has 0 atom stereocenters. The van der Waals surface area contributed by atoms with E-state index in [0.717, 1.165) is 17.1 Å². The molecule has 8 nitrogen and oxygen atoms in total. The van der Waals surface area contributed by atoms with Crippen LogP contribution in [0, 0.1) is 6.92 Å². The van der Waals surface area contributed by atoms with E-state index in [-0.39, 0.29) is 23.4 Å². The van der Waals surface area contributed by atoms with Crippen molar-refractivity contribution in [1.29, 1.82) is 0 Å². The normalized spacial score (nSPS) is 10.6. The molecule has 0 aliphatic rings. The van der Waals surface area contributed by atoms with Gasteiger partial charge in [0.25, 0.3) is 11.8 Å². The lowest BCUT2D eigenvalue weighted by molar-refractivity contribution is 0.0947. The van der Waals surface area contributed by atoms with Crippen LogP contribution in [0.25, 0.3) is 0 Å². The molecule has 0 radical (unpaired) electrons. The van der Waals surface area contributed by atoms with Crippen molar-refractivity contribution >= 4 is 40.4 Å². The number of amides is 2. The van der Waals surface area contributed by atoms with Crippen molar-refractivity contribution in [3.05, 3.63) is 92.8 Å². The van der Waals surface area contributed by atoms with Crippen LogP contribution in [-0.2, 0) is 13.2 Å². The SMILES string of the molecule is Cc1ccc(CNC(=O)c2ccc(OCc3nnc(C(=O)Nc4ccc(Cl)cc4)s3)cc2)o1. The van der Waals surface area contributed by atoms with Crippen molar-refractivity contribution in [1.82, 2.24) is 15.5 Å². The monoisotopic (exact) mass is 482 g/mol. The fourth-order valence-electron chi connectivity index (χ4n) is 2.82. The van der Waals surface area contributed by atoms with Crippen molar-refractivity contribution in [2.24, 2.45) is 0 Å². The standard InChI is InChI=1S/C23H19ClN4O4S/c1-14-2-9-19(32-14)12-25-21(29)15-3-10-18(11-4-15)31-13-20-27-28-23(33-20)22(30)26-17-7-5-16(24)6-8-17/h2-11H,12-13H2,1H3,(H,25,29)(H,26,30). The third-order valence-corrected chi connectivity index (χ3v) is 5.61. The molecule has 0 aliphatic heterocycles. The number of benzene rings is 2. The van der Waals surface area contributed by atoms with Crippen LogP contribution < -0.4 is 15.4 Å². The van der Waals surface area contributed by atoms with Gasteiger partial charge in [0.15, 0.2) is 5.01 Å². The molecule has 0 saturated heterocycles. The fourth-order valence-corrected chi connectivity index (χ4v) is 3.59. The Morgan fingerprint density at radius 3 is 2.45 bits per heavy atom. The van der Waals surface area contributed by atoms with E-state index in [1.807, 2.05) is 19.1 Å². The van der Waals surface area contributed by atoms with Gasteiger partial charge in [0, 0.05) is 16.3 Å². The summed E-state index contributed by atoms with van der Waals surface area (Å²) in [6.45, 7) is 2.31. The van der Waals surface area contributed by atoms with E-state index < -0.39 is 0 Å². The summed E-state index contributed by atoms with van der Waals surface area (Å²) in [5.41, 5.74) is 1.11. The van der Waals surface area contributed by atoms with Crippen LogP contribution in [0.3, 0.4) is 0 Å². The van der Waals surface area contributed by atoms with E-state index in [0.29, 0.717) is 39.3 Å². The average molecular weight is 483 g/mol. The van der Waals surface area contributed by atoms with Crippen LogP contribution in [-0.4, -0.2) is 22.0 Å². The van der Waals surface area contributed by atoms with Crippen LogP contribution in [0.4, 0.5) is 5.69 Å². The molecular formula is C23H19ClN4O4S. The maximum Gasteiger partial charge on any atom is 0.286 e. The van der Waals surface area contributed by atoms with Gasteiger partial charge >= 0.3 is 0 Å². The molecule has 2 N–H and O–H groups in total. The molecule has 4 aromatic rings. The van der Waals surface area contributed by atoms with Crippen LogP contribution in [0.2, 0.25) is 5.02 Å². The summed E-state index contributed by atoms with van der Waals surface area (Å²) in [5.74, 6) is 1.48. The van der Waals surface area contributed by atoms with E-state index in [1.54, 1.807) is 48.5 Å². The number of anilines is 1. The van der Waals surface area contributed by atoms with Crippen molar-refractivity contribution in [3.63, 3.8) is 0 Å². The van der Waals surface area contributed by atoms with Crippen LogP contribution in [0.1, 0.15) is 36.7 Å². The van der Waals surface area contributed by atoms with Crippen molar-refractivity contribution in [2.75, 3.05) is 5.32 Å². The van der Waals surface area contributed by atoms with Gasteiger partial charge in [-0.3, -0.25) is 9.59 Å². The van der Waals surface area contributed by atoms with E-state index in [9.17, 15) is 9.59 Å². The second-order valence-corrected chi connectivity index (χ2v) is 8.47. The number of ether oxygens (including phenoxy) is 1. The third-order valence-electron chi connectivity index (χ3n) is 4.46. The number of furan rings is 1. The molecule has 0 bridgehead atoms. The van der Waals surface area contributed by atoms with E-state index in [2.05, 4.69) is 20.8 Å². The number of halogens is 1. The molecule has 33 heavy (non-hydrogen) atoms. The molecule has 168 valence electrons. The quantitative estimate of drug-likeness (QED) is 0.371. The molecule has 10 heteroatoms. The Morgan fingerprint density at radius 1 is 1.00 bits per heavy atom. The molecule has 0 saturated carbocycles. The lowest BCUT2D eigenvalue weighted by Gasteiger charge is -2.06. The summed E-state index contributed by atoms with van der Waals surface area (Å²) >= 11 is 6.98. The number of carbonyl (C=O) groups excluding carboxylic acids is 2. The van der Waals surface area contributed by atoms with Gasteiger partial charge in [-0.2, -0.15) is 0 Å². The summed E-state index contributed by atoms with van der Waals surface area (Å²) in [5, 5.41) is 14.8. The van der Waals surface area contributed by atoms with Crippen LogP contribution >= 0.6 is 22.9 Å². The van der Waals surface area contributed by atoms with Crippen molar-refractivity contribution < 1.29 is 18.7 Å². The Kier molecular flexibility index (Phi) is 7.01. The topological polar surface area (TPSA) is 106 Å². The maximum atomic E-state index is 12.3. The summed E-state index contributed by atoms with van der Waals surface area (Å²) in [7, 11) is 0. The first kappa shape index (κ1) is 22.5. The maximum absolute atomic E-state index is 12.3. The highest BCUT2D eigenvalue weighted by atomic mass is 35.5. The number of aromatic nitrogens is 2. The minimum atomic E-state index is -0.360. The molecule has 2 heterocycles. The van der Waals surface area contributed by atoms with Gasteiger partial charge < -0.3 is 19.8 Å². The predicted molar refractivity (Wildman–Crippen MR) is 125 cm³/mol. The highest BCUT2D eigenvalue weighted by Crippen LogP contribution is 2.19. The minimum Gasteiger partial charge on any atom is -0.486 e. The predicted octanol–water partition coefficient (Wildman–Crippen LogP) is 4.85. The minimum absolute atomic E-state index is 0.148. The molecule has 0 fully saturated rings. The third kappa shape index (κ3) is 6.18. The number of aryl methyl sites for hydroxylation is 1. The van der Waals surface area contributed by atoms with Gasteiger partial charge in [-0.05, 0) is 67.6 Å². The summed E-state index contributed by atoms with van der Waals surface area (Å²) in [6, 6.07) is 17.2. The van der Waals surface area contributed by atoms with E-state index >= 15 is 0 Å². The zero-order chi connectivity index (χ0) is 23.2. The summed E-state index contributed by atoms with van der Waals surface area (Å²) in [6.07, 6.45) is 0. The molecular weight excluding hydrogens is 464 g/mol. The Balaban J connectivity index is 1.27. The second-order valence-electron chi connectivity index (χ2n) is 6.97. The lowest BCUT2D eigenvalue weighted by atomic mass is 10.2. The lowest BCUT2D eigenvalue weighted by Crippen LogP contribution is -2.22. The number of hydrogen-bond acceptors (Lipinski definition) is 7. The molecule has 2 amide bonds. The highest BCUT2D eigenvalue weighted by Gasteiger charge is 2.14. The highest BCUT2D eigenvalue weighted by molar-refractivity contribution is 7.13. The van der Waals surface area contributed by atoms with Gasteiger partial charge in [0.1, 0.15) is 23.9 Å². The smallest absolute Gasteiger partial charge is 0.286 e. The number of carbonyl (C=O) groups is 2. The van der Waals surface area contributed by atoms with E-state index in [1.165, 1.54) is 0 Å².